The second-order valence-electron chi connectivity index (χ2n) is 3.71. The van der Waals surface area contributed by atoms with Crippen molar-refractivity contribution >= 4 is 11.8 Å². The van der Waals surface area contributed by atoms with Gasteiger partial charge in [-0.2, -0.15) is 11.8 Å². The van der Waals surface area contributed by atoms with Gasteiger partial charge in [-0.05, 0) is 31.1 Å². The summed E-state index contributed by atoms with van der Waals surface area (Å²) in [4.78, 5) is 0. The molecule has 1 heterocycles. The van der Waals surface area contributed by atoms with E-state index in [0.29, 0.717) is 0 Å². The van der Waals surface area contributed by atoms with Gasteiger partial charge in [0.1, 0.15) is 0 Å². The first-order valence-electron chi connectivity index (χ1n) is 4.60. The quantitative estimate of drug-likeness (QED) is 0.686. The van der Waals surface area contributed by atoms with Gasteiger partial charge in [-0.3, -0.25) is 0 Å². The molecule has 1 aliphatic rings. The van der Waals surface area contributed by atoms with E-state index in [1.54, 1.807) is 0 Å². The van der Waals surface area contributed by atoms with Crippen LogP contribution in [0.1, 0.15) is 26.7 Å². The van der Waals surface area contributed by atoms with Crippen LogP contribution in [0.4, 0.5) is 0 Å². The fraction of sp³-hybridized carbons (Fsp3) is 1.00. The molecule has 0 aromatic carbocycles. The van der Waals surface area contributed by atoms with E-state index >= 15 is 0 Å². The summed E-state index contributed by atoms with van der Waals surface area (Å²) in [6.07, 6.45) is 2.69. The predicted octanol–water partition coefficient (Wildman–Crippen LogP) is 2.13. The minimum absolute atomic E-state index is 0.780. The Balaban J connectivity index is 2.20. The SMILES string of the molecule is CC(C)CC1CSCCCN1. The highest BCUT2D eigenvalue weighted by Crippen LogP contribution is 2.14. The largest absolute Gasteiger partial charge is 0.313 e. The van der Waals surface area contributed by atoms with E-state index in [9.17, 15) is 0 Å². The molecular weight excluding hydrogens is 154 g/mol. The highest BCUT2D eigenvalue weighted by molar-refractivity contribution is 7.99. The van der Waals surface area contributed by atoms with E-state index in [4.69, 9.17) is 0 Å². The van der Waals surface area contributed by atoms with E-state index in [0.717, 1.165) is 12.0 Å². The van der Waals surface area contributed by atoms with Crippen LogP contribution in [-0.2, 0) is 0 Å². The maximum absolute atomic E-state index is 3.59. The van der Waals surface area contributed by atoms with Crippen molar-refractivity contribution in [3.63, 3.8) is 0 Å². The van der Waals surface area contributed by atoms with Crippen molar-refractivity contribution in [2.24, 2.45) is 5.92 Å². The van der Waals surface area contributed by atoms with Crippen molar-refractivity contribution < 1.29 is 0 Å². The molecule has 1 atom stereocenters. The Kier molecular flexibility index (Phi) is 4.31. The lowest BCUT2D eigenvalue weighted by Gasteiger charge is -2.16. The number of hydrogen-bond acceptors (Lipinski definition) is 2. The Morgan fingerprint density at radius 1 is 1.55 bits per heavy atom. The summed E-state index contributed by atoms with van der Waals surface area (Å²) in [6, 6.07) is 0.780. The number of nitrogens with one attached hydrogen (secondary N) is 1. The molecule has 0 saturated carbocycles. The fourth-order valence-electron chi connectivity index (χ4n) is 1.49. The minimum Gasteiger partial charge on any atom is -0.313 e. The molecule has 1 fully saturated rings. The molecule has 11 heavy (non-hydrogen) atoms. The molecule has 2 heteroatoms. The van der Waals surface area contributed by atoms with E-state index in [2.05, 4.69) is 30.9 Å². The van der Waals surface area contributed by atoms with Gasteiger partial charge in [0.25, 0.3) is 0 Å². The van der Waals surface area contributed by atoms with Gasteiger partial charge in [-0.15, -0.1) is 0 Å². The van der Waals surface area contributed by atoms with Crippen LogP contribution in [-0.4, -0.2) is 24.1 Å². The van der Waals surface area contributed by atoms with E-state index < -0.39 is 0 Å². The van der Waals surface area contributed by atoms with Crippen LogP contribution in [0.15, 0.2) is 0 Å². The normalized spacial score (nSPS) is 27.0. The zero-order valence-corrected chi connectivity index (χ0v) is 8.41. The van der Waals surface area contributed by atoms with Crippen LogP contribution in [0.2, 0.25) is 0 Å². The van der Waals surface area contributed by atoms with Crippen LogP contribution in [0.3, 0.4) is 0 Å². The van der Waals surface area contributed by atoms with Gasteiger partial charge in [-0.25, -0.2) is 0 Å². The van der Waals surface area contributed by atoms with E-state index in [1.165, 1.54) is 30.9 Å². The monoisotopic (exact) mass is 173 g/mol. The third kappa shape index (κ3) is 4.02. The standard InChI is InChI=1S/C9H19NS/c1-8(2)6-9-7-11-5-3-4-10-9/h8-10H,3-7H2,1-2H3. The van der Waals surface area contributed by atoms with Gasteiger partial charge >= 0.3 is 0 Å². The highest BCUT2D eigenvalue weighted by Gasteiger charge is 2.12. The van der Waals surface area contributed by atoms with E-state index in [-0.39, 0.29) is 0 Å². The molecule has 0 aliphatic carbocycles. The average Bonchev–Trinajstić information content (AvgIpc) is 2.14. The highest BCUT2D eigenvalue weighted by atomic mass is 32.2. The molecule has 1 N–H and O–H groups in total. The fourth-order valence-corrected chi connectivity index (χ4v) is 2.54. The first kappa shape index (κ1) is 9.40. The molecule has 1 aliphatic heterocycles. The second kappa shape index (κ2) is 5.04. The van der Waals surface area contributed by atoms with Crippen LogP contribution in [0.25, 0.3) is 0 Å². The molecule has 0 radical (unpaired) electrons. The van der Waals surface area contributed by atoms with Crippen LogP contribution in [0.5, 0.6) is 0 Å². The zero-order valence-electron chi connectivity index (χ0n) is 7.60. The van der Waals surface area contributed by atoms with Gasteiger partial charge in [0.2, 0.25) is 0 Å². The molecule has 1 saturated heterocycles. The minimum atomic E-state index is 0.780. The Morgan fingerprint density at radius 2 is 2.36 bits per heavy atom. The topological polar surface area (TPSA) is 12.0 Å². The van der Waals surface area contributed by atoms with Crippen molar-refractivity contribution in [3.05, 3.63) is 0 Å². The molecule has 66 valence electrons. The zero-order chi connectivity index (χ0) is 8.10. The molecule has 1 rings (SSSR count). The Labute approximate surface area is 74.3 Å². The Hall–Kier alpha value is 0.310. The lowest BCUT2D eigenvalue weighted by molar-refractivity contribution is 0.452. The summed E-state index contributed by atoms with van der Waals surface area (Å²) in [5.41, 5.74) is 0. The average molecular weight is 173 g/mol. The first-order chi connectivity index (χ1) is 5.29. The molecule has 1 nitrogen and oxygen atoms in total. The lowest BCUT2D eigenvalue weighted by Crippen LogP contribution is -2.31. The van der Waals surface area contributed by atoms with E-state index in [1.807, 2.05) is 0 Å². The maximum atomic E-state index is 3.59. The molecule has 0 aromatic rings. The molecule has 1 unspecified atom stereocenters. The third-order valence-corrected chi connectivity index (χ3v) is 3.19. The Bertz CT molecular complexity index is 95.7. The van der Waals surface area contributed by atoms with Crippen molar-refractivity contribution in [1.29, 1.82) is 0 Å². The van der Waals surface area contributed by atoms with Crippen molar-refractivity contribution in [2.45, 2.75) is 32.7 Å². The molecule has 0 aromatic heterocycles. The molecular formula is C9H19NS. The summed E-state index contributed by atoms with van der Waals surface area (Å²) >= 11 is 2.10. The molecule has 0 bridgehead atoms. The smallest absolute Gasteiger partial charge is 0.0160 e. The Morgan fingerprint density at radius 3 is 3.09 bits per heavy atom. The van der Waals surface area contributed by atoms with Crippen molar-refractivity contribution in [2.75, 3.05) is 18.1 Å². The summed E-state index contributed by atoms with van der Waals surface area (Å²) in [6.45, 7) is 5.83. The van der Waals surface area contributed by atoms with Gasteiger partial charge in [0.15, 0.2) is 0 Å². The second-order valence-corrected chi connectivity index (χ2v) is 4.86. The molecule has 0 amide bonds. The summed E-state index contributed by atoms with van der Waals surface area (Å²) < 4.78 is 0. The predicted molar refractivity (Wildman–Crippen MR) is 53.2 cm³/mol. The number of rotatable bonds is 2. The van der Waals surface area contributed by atoms with Gasteiger partial charge in [-0.1, -0.05) is 13.8 Å². The first-order valence-corrected chi connectivity index (χ1v) is 5.75. The van der Waals surface area contributed by atoms with Crippen molar-refractivity contribution in [3.8, 4) is 0 Å². The van der Waals surface area contributed by atoms with Gasteiger partial charge < -0.3 is 5.32 Å². The number of thioether (sulfide) groups is 1. The van der Waals surface area contributed by atoms with Crippen molar-refractivity contribution in [1.82, 2.24) is 5.32 Å². The van der Waals surface area contributed by atoms with Crippen LogP contribution >= 0.6 is 11.8 Å². The van der Waals surface area contributed by atoms with Crippen LogP contribution < -0.4 is 5.32 Å². The summed E-state index contributed by atoms with van der Waals surface area (Å²) in [5, 5.41) is 3.59. The third-order valence-electron chi connectivity index (χ3n) is 1.97. The number of hydrogen-bond donors (Lipinski definition) is 1. The summed E-state index contributed by atoms with van der Waals surface area (Å²) in [7, 11) is 0. The lowest BCUT2D eigenvalue weighted by atomic mass is 10.1. The summed E-state index contributed by atoms with van der Waals surface area (Å²) in [5.74, 6) is 3.51. The maximum Gasteiger partial charge on any atom is 0.0160 e. The van der Waals surface area contributed by atoms with Gasteiger partial charge in [0, 0.05) is 11.8 Å². The van der Waals surface area contributed by atoms with Crippen LogP contribution in [0, 0.1) is 5.92 Å². The van der Waals surface area contributed by atoms with Gasteiger partial charge in [0.05, 0.1) is 0 Å². The molecule has 0 spiro atoms.